The van der Waals surface area contributed by atoms with Crippen LogP contribution in [0.1, 0.15) is 34.1 Å². The van der Waals surface area contributed by atoms with Crippen molar-refractivity contribution in [3.63, 3.8) is 0 Å². The van der Waals surface area contributed by atoms with E-state index in [1.807, 2.05) is 0 Å². The molecule has 6 nitrogen and oxygen atoms in total. The highest BCUT2D eigenvalue weighted by Gasteiger charge is 2.60. The lowest BCUT2D eigenvalue weighted by Gasteiger charge is -2.49. The molecule has 0 radical (unpaired) electrons. The molecule has 0 aromatic carbocycles. The third-order valence-electron chi connectivity index (χ3n) is 4.04. The summed E-state index contributed by atoms with van der Waals surface area (Å²) in [5.41, 5.74) is -2.28. The number of nitrogens with zero attached hydrogens (tertiary/aromatic N) is 1. The number of piperidine rings is 1. The molecule has 1 heterocycles. The van der Waals surface area contributed by atoms with Gasteiger partial charge < -0.3 is 10.2 Å². The van der Waals surface area contributed by atoms with Crippen LogP contribution in [-0.2, 0) is 9.59 Å². The Morgan fingerprint density at radius 1 is 1.28 bits per heavy atom. The minimum Gasteiger partial charge on any atom is -0.480 e. The lowest BCUT2D eigenvalue weighted by atomic mass is 9.77. The standard InChI is InChI=1S/C12H19NO5/c1-11(2,3)13(10(17)18)6-5-8(14)12(4,7-13)9(15)16/h5-7H2,1-4H3,(H-,15,16,17,18)/p+1. The van der Waals surface area contributed by atoms with Crippen molar-refractivity contribution in [1.82, 2.24) is 0 Å². The summed E-state index contributed by atoms with van der Waals surface area (Å²) < 4.78 is -0.401. The molecule has 0 spiro atoms. The summed E-state index contributed by atoms with van der Waals surface area (Å²) in [6.45, 7) is 6.50. The van der Waals surface area contributed by atoms with Crippen molar-refractivity contribution in [1.29, 1.82) is 0 Å². The molecule has 18 heavy (non-hydrogen) atoms. The number of rotatable bonds is 1. The molecule has 0 bridgehead atoms. The van der Waals surface area contributed by atoms with Gasteiger partial charge in [0.2, 0.25) is 0 Å². The van der Waals surface area contributed by atoms with E-state index in [1.54, 1.807) is 20.8 Å². The number of Topliss-reactive ketones (excluding diaryl/α,β-unsaturated/α-hetero) is 1. The number of hydrogen-bond acceptors (Lipinski definition) is 3. The number of aliphatic carboxylic acids is 1. The topological polar surface area (TPSA) is 91.7 Å². The lowest BCUT2D eigenvalue weighted by Crippen LogP contribution is -2.71. The van der Waals surface area contributed by atoms with Crippen LogP contribution in [-0.4, -0.2) is 51.2 Å². The second-order valence-electron chi connectivity index (χ2n) is 6.11. The van der Waals surface area contributed by atoms with Gasteiger partial charge in [-0.15, -0.1) is 0 Å². The normalized spacial score (nSPS) is 33.2. The smallest absolute Gasteiger partial charge is 0.480 e. The maximum Gasteiger partial charge on any atom is 0.514 e. The van der Waals surface area contributed by atoms with Crippen LogP contribution in [0.3, 0.4) is 0 Å². The molecule has 6 heteroatoms. The molecule has 2 N–H and O–H groups in total. The highest BCUT2D eigenvalue weighted by atomic mass is 16.4. The predicted molar refractivity (Wildman–Crippen MR) is 63.1 cm³/mol. The van der Waals surface area contributed by atoms with Crippen molar-refractivity contribution in [2.24, 2.45) is 5.41 Å². The Bertz CT molecular complexity index is 411. The molecule has 0 aromatic rings. The van der Waals surface area contributed by atoms with E-state index in [-0.39, 0.29) is 19.5 Å². The summed E-state index contributed by atoms with van der Waals surface area (Å²) in [5.74, 6) is -1.64. The van der Waals surface area contributed by atoms with Crippen LogP contribution in [0.15, 0.2) is 0 Å². The van der Waals surface area contributed by atoms with Crippen LogP contribution < -0.4 is 0 Å². The van der Waals surface area contributed by atoms with E-state index < -0.39 is 33.3 Å². The number of ketones is 1. The van der Waals surface area contributed by atoms with Crippen molar-refractivity contribution in [2.45, 2.75) is 39.7 Å². The first kappa shape index (κ1) is 14.6. The summed E-state index contributed by atoms with van der Waals surface area (Å²) in [5, 5.41) is 18.7. The van der Waals surface area contributed by atoms with Gasteiger partial charge in [-0.25, -0.2) is 4.48 Å². The number of carboxylic acid groups (broad SMARTS) is 2. The van der Waals surface area contributed by atoms with Crippen LogP contribution in [0.25, 0.3) is 0 Å². The molecular formula is C12H20NO5+. The summed E-state index contributed by atoms with van der Waals surface area (Å²) in [6, 6.07) is 0. The fourth-order valence-corrected chi connectivity index (χ4v) is 2.49. The van der Waals surface area contributed by atoms with Crippen molar-refractivity contribution in [3.8, 4) is 0 Å². The minimum atomic E-state index is -1.62. The van der Waals surface area contributed by atoms with E-state index in [2.05, 4.69) is 0 Å². The van der Waals surface area contributed by atoms with Crippen molar-refractivity contribution in [3.05, 3.63) is 0 Å². The fourth-order valence-electron chi connectivity index (χ4n) is 2.49. The number of likely N-dealkylation sites (tertiary alicyclic amines) is 1. The third-order valence-corrected chi connectivity index (χ3v) is 4.04. The van der Waals surface area contributed by atoms with Crippen LogP contribution in [0.5, 0.6) is 0 Å². The van der Waals surface area contributed by atoms with E-state index in [0.29, 0.717) is 0 Å². The van der Waals surface area contributed by atoms with Crippen LogP contribution >= 0.6 is 0 Å². The number of quaternary nitrogens is 1. The SMILES string of the molecule is CC1(C(=O)O)C[N+](C(=O)O)(C(C)(C)C)CCC1=O. The van der Waals surface area contributed by atoms with Gasteiger partial charge in [0.05, 0.1) is 13.0 Å². The van der Waals surface area contributed by atoms with E-state index in [9.17, 15) is 24.6 Å². The van der Waals surface area contributed by atoms with Crippen LogP contribution in [0, 0.1) is 5.41 Å². The second kappa shape index (κ2) is 4.05. The molecule has 0 saturated carbocycles. The van der Waals surface area contributed by atoms with Crippen molar-refractivity contribution in [2.75, 3.05) is 13.1 Å². The van der Waals surface area contributed by atoms with Gasteiger partial charge in [-0.1, -0.05) is 0 Å². The monoisotopic (exact) mass is 258 g/mol. The van der Waals surface area contributed by atoms with Gasteiger partial charge in [-0.3, -0.25) is 9.59 Å². The maximum absolute atomic E-state index is 11.8. The molecule has 0 aromatic heterocycles. The highest BCUT2D eigenvalue weighted by molar-refractivity contribution is 6.03. The van der Waals surface area contributed by atoms with Crippen LogP contribution in [0.4, 0.5) is 4.79 Å². The molecule has 102 valence electrons. The van der Waals surface area contributed by atoms with Gasteiger partial charge in [0.15, 0.2) is 11.2 Å². The molecule has 1 amide bonds. The molecular weight excluding hydrogens is 238 g/mol. The Morgan fingerprint density at radius 3 is 2.11 bits per heavy atom. The number of carboxylic acids is 1. The Morgan fingerprint density at radius 2 is 1.78 bits per heavy atom. The molecule has 1 rings (SSSR count). The number of hydrogen-bond donors (Lipinski definition) is 2. The third kappa shape index (κ3) is 1.90. The first-order valence-electron chi connectivity index (χ1n) is 5.85. The average Bonchev–Trinajstić information content (AvgIpc) is 2.19. The Kier molecular flexibility index (Phi) is 3.29. The van der Waals surface area contributed by atoms with E-state index >= 15 is 0 Å². The van der Waals surface area contributed by atoms with Crippen molar-refractivity contribution >= 4 is 17.8 Å². The first-order valence-corrected chi connectivity index (χ1v) is 5.85. The van der Waals surface area contributed by atoms with Crippen LogP contribution in [0.2, 0.25) is 0 Å². The second-order valence-corrected chi connectivity index (χ2v) is 6.11. The molecule has 2 atom stereocenters. The summed E-state index contributed by atoms with van der Waals surface area (Å²) in [7, 11) is 0. The summed E-state index contributed by atoms with van der Waals surface area (Å²) in [6.07, 6.45) is -1.10. The fraction of sp³-hybridized carbons (Fsp3) is 0.750. The maximum atomic E-state index is 11.8. The number of carbonyl (C=O) groups is 3. The van der Waals surface area contributed by atoms with Gasteiger partial charge in [0.1, 0.15) is 12.1 Å². The zero-order valence-corrected chi connectivity index (χ0v) is 11.2. The van der Waals surface area contributed by atoms with Gasteiger partial charge in [-0.05, 0) is 27.7 Å². The number of amides is 1. The zero-order chi connectivity index (χ0) is 14.4. The van der Waals surface area contributed by atoms with Crippen molar-refractivity contribution < 1.29 is 29.1 Å². The quantitative estimate of drug-likeness (QED) is 0.547. The summed E-state index contributed by atoms with van der Waals surface area (Å²) >= 11 is 0. The number of carbonyl (C=O) groups excluding carboxylic acids is 1. The Labute approximate surface area is 106 Å². The molecule has 1 saturated heterocycles. The van der Waals surface area contributed by atoms with Gasteiger partial charge in [-0.2, -0.15) is 4.79 Å². The molecule has 2 unspecified atom stereocenters. The van der Waals surface area contributed by atoms with Gasteiger partial charge in [0.25, 0.3) is 0 Å². The van der Waals surface area contributed by atoms with Gasteiger partial charge in [0, 0.05) is 0 Å². The highest BCUT2D eigenvalue weighted by Crippen LogP contribution is 2.37. The first-order chi connectivity index (χ1) is 7.97. The average molecular weight is 258 g/mol. The summed E-state index contributed by atoms with van der Waals surface area (Å²) in [4.78, 5) is 34.7. The Hall–Kier alpha value is -1.43. The van der Waals surface area contributed by atoms with E-state index in [1.165, 1.54) is 6.92 Å². The molecule has 0 aliphatic carbocycles. The Balaban J connectivity index is 3.31. The van der Waals surface area contributed by atoms with Gasteiger partial charge >= 0.3 is 12.1 Å². The molecule has 1 fully saturated rings. The minimum absolute atomic E-state index is 0.0215. The lowest BCUT2D eigenvalue weighted by molar-refractivity contribution is -0.909. The molecule has 1 aliphatic rings. The zero-order valence-electron chi connectivity index (χ0n) is 11.2. The van der Waals surface area contributed by atoms with E-state index in [4.69, 9.17) is 0 Å². The predicted octanol–water partition coefficient (Wildman–Crippen LogP) is 1.34. The van der Waals surface area contributed by atoms with E-state index in [0.717, 1.165) is 0 Å². The molecule has 1 aliphatic heterocycles. The largest absolute Gasteiger partial charge is 0.514 e.